The molecular weight excluding hydrogens is 250 g/mol. The van der Waals surface area contributed by atoms with Crippen molar-refractivity contribution in [1.82, 2.24) is 15.0 Å². The van der Waals surface area contributed by atoms with E-state index in [0.29, 0.717) is 22.1 Å². The average molecular weight is 260 g/mol. The summed E-state index contributed by atoms with van der Waals surface area (Å²) < 4.78 is 0. The largest absolute Gasteiger partial charge is 0.279 e. The minimum absolute atomic E-state index is 0. The lowest BCUT2D eigenvalue weighted by Gasteiger charge is -1.91. The third kappa shape index (κ3) is 2.02. The second-order valence-corrected chi connectivity index (χ2v) is 3.84. The summed E-state index contributed by atoms with van der Waals surface area (Å²) in [6.45, 7) is 1.88. The summed E-state index contributed by atoms with van der Waals surface area (Å²) in [7, 11) is 0. The van der Waals surface area contributed by atoms with Crippen LogP contribution < -0.4 is 5.56 Å². The van der Waals surface area contributed by atoms with Crippen molar-refractivity contribution < 1.29 is 0 Å². The first-order valence-corrected chi connectivity index (χ1v) is 5.28. The number of hydrogen-bond donors (Lipinski definition) is 0. The Morgan fingerprint density at radius 2 is 1.67 bits per heavy atom. The van der Waals surface area contributed by atoms with E-state index in [1.54, 1.807) is 24.3 Å². The molecule has 0 N–H and O–H groups in total. The van der Waals surface area contributed by atoms with Crippen molar-refractivity contribution in [3.8, 4) is 0 Å². The maximum Gasteiger partial charge on any atom is 0.279 e. The van der Waals surface area contributed by atoms with E-state index in [-0.39, 0.29) is 18.0 Å². The molecule has 0 amide bonds. The molecule has 0 fully saturated rings. The van der Waals surface area contributed by atoms with Gasteiger partial charge in [0.25, 0.3) is 5.56 Å². The first-order chi connectivity index (χ1) is 8.24. The summed E-state index contributed by atoms with van der Waals surface area (Å²) in [6.07, 6.45) is 0. The Bertz CT molecular complexity index is 789. The Morgan fingerprint density at radius 3 is 2.50 bits per heavy atom. The van der Waals surface area contributed by atoms with E-state index in [0.717, 1.165) is 5.69 Å². The lowest BCUT2D eigenvalue weighted by atomic mass is 10.2. The van der Waals surface area contributed by atoms with Gasteiger partial charge in [-0.25, -0.2) is 15.0 Å². The molecule has 0 aliphatic heterocycles. The number of aromatic nitrogens is 3. The Balaban J connectivity index is 0.00000120. The highest BCUT2D eigenvalue weighted by Crippen LogP contribution is 2.09. The number of pyridine rings is 1. The minimum Gasteiger partial charge on any atom is -0.267 e. The Labute approximate surface area is 109 Å². The molecule has 0 saturated heterocycles. The number of fused-ring (bicyclic) bond motifs is 2. The van der Waals surface area contributed by atoms with Gasteiger partial charge >= 0.3 is 0 Å². The fraction of sp³-hybridized carbons (Fsp3) is 0.0769. The van der Waals surface area contributed by atoms with Gasteiger partial charge in [0, 0.05) is 5.69 Å². The van der Waals surface area contributed by atoms with E-state index >= 15 is 0 Å². The highest BCUT2D eigenvalue weighted by Gasteiger charge is 2.02. The molecule has 4 nitrogen and oxygen atoms in total. The minimum atomic E-state index is -0.270. The fourth-order valence-electron chi connectivity index (χ4n) is 1.74. The zero-order valence-corrected chi connectivity index (χ0v) is 10.4. The van der Waals surface area contributed by atoms with Crippen molar-refractivity contribution in [2.24, 2.45) is 0 Å². The van der Waals surface area contributed by atoms with Crippen LogP contribution in [0.1, 0.15) is 5.69 Å². The van der Waals surface area contributed by atoms with Crippen LogP contribution in [0.25, 0.3) is 22.1 Å². The number of halogens is 1. The third-order valence-corrected chi connectivity index (χ3v) is 2.58. The SMILES string of the molecule is Cc1ccc2nc(=O)c3ccccc3nc2n1.Cl. The monoisotopic (exact) mass is 259 g/mol. The molecule has 0 spiro atoms. The van der Waals surface area contributed by atoms with Crippen molar-refractivity contribution in [2.45, 2.75) is 6.92 Å². The van der Waals surface area contributed by atoms with Gasteiger partial charge in [-0.15, -0.1) is 12.4 Å². The van der Waals surface area contributed by atoms with Gasteiger partial charge in [0.15, 0.2) is 5.65 Å². The molecule has 3 rings (SSSR count). The van der Waals surface area contributed by atoms with Gasteiger partial charge in [-0.05, 0) is 31.2 Å². The molecule has 90 valence electrons. The average Bonchev–Trinajstić information content (AvgIpc) is 2.46. The zero-order valence-electron chi connectivity index (χ0n) is 9.62. The molecule has 0 saturated carbocycles. The molecule has 2 aromatic heterocycles. The number of rotatable bonds is 0. The second-order valence-electron chi connectivity index (χ2n) is 3.84. The highest BCUT2D eigenvalue weighted by molar-refractivity contribution is 5.85. The lowest BCUT2D eigenvalue weighted by Crippen LogP contribution is -2.01. The number of hydrogen-bond acceptors (Lipinski definition) is 4. The molecule has 2 heterocycles. The topological polar surface area (TPSA) is 55.7 Å². The molecule has 0 radical (unpaired) electrons. The van der Waals surface area contributed by atoms with Crippen LogP contribution in [0.4, 0.5) is 0 Å². The predicted molar refractivity (Wildman–Crippen MR) is 73.1 cm³/mol. The van der Waals surface area contributed by atoms with Crippen LogP contribution in [0.5, 0.6) is 0 Å². The van der Waals surface area contributed by atoms with E-state index in [4.69, 9.17) is 0 Å². The Morgan fingerprint density at radius 1 is 0.889 bits per heavy atom. The van der Waals surface area contributed by atoms with Gasteiger partial charge < -0.3 is 0 Å². The van der Waals surface area contributed by atoms with Crippen molar-refractivity contribution in [3.05, 3.63) is 52.4 Å². The standard InChI is InChI=1S/C13H9N3O.ClH/c1-8-6-7-11-12(14-8)15-10-5-3-2-4-9(10)13(17)16-11;/h2-7H,1H3;1H. The van der Waals surface area contributed by atoms with Crippen molar-refractivity contribution in [1.29, 1.82) is 0 Å². The van der Waals surface area contributed by atoms with Crippen molar-refractivity contribution in [2.75, 3.05) is 0 Å². The van der Waals surface area contributed by atoms with E-state index in [2.05, 4.69) is 15.0 Å². The molecule has 3 aromatic rings. The van der Waals surface area contributed by atoms with E-state index in [1.807, 2.05) is 19.1 Å². The van der Waals surface area contributed by atoms with Crippen molar-refractivity contribution in [3.63, 3.8) is 0 Å². The van der Waals surface area contributed by atoms with Gasteiger partial charge in [0.1, 0.15) is 5.52 Å². The number of nitrogens with zero attached hydrogens (tertiary/aromatic N) is 3. The Hall–Kier alpha value is -2.07. The quantitative estimate of drug-likeness (QED) is 0.621. The molecule has 0 atom stereocenters. The summed E-state index contributed by atoms with van der Waals surface area (Å²) in [5.74, 6) is 0. The number of para-hydroxylation sites is 1. The maximum atomic E-state index is 11.9. The summed E-state index contributed by atoms with van der Waals surface area (Å²) in [5, 5.41) is 0.517. The molecule has 0 bridgehead atoms. The summed E-state index contributed by atoms with van der Waals surface area (Å²) in [6, 6.07) is 10.8. The van der Waals surface area contributed by atoms with Gasteiger partial charge in [-0.1, -0.05) is 12.1 Å². The number of aryl methyl sites for hydroxylation is 1. The normalized spacial score (nSPS) is 10.3. The molecule has 0 aliphatic rings. The molecule has 0 aliphatic carbocycles. The van der Waals surface area contributed by atoms with E-state index in [9.17, 15) is 4.79 Å². The van der Waals surface area contributed by atoms with Crippen LogP contribution in [0, 0.1) is 6.92 Å². The first-order valence-electron chi connectivity index (χ1n) is 5.28. The first kappa shape index (κ1) is 12.4. The molecule has 1 aromatic carbocycles. The van der Waals surface area contributed by atoms with Crippen LogP contribution in [0.2, 0.25) is 0 Å². The van der Waals surface area contributed by atoms with Crippen LogP contribution in [-0.2, 0) is 0 Å². The van der Waals surface area contributed by atoms with Gasteiger partial charge in [0.05, 0.1) is 10.9 Å². The molecule has 0 unspecified atom stereocenters. The van der Waals surface area contributed by atoms with E-state index in [1.165, 1.54) is 0 Å². The lowest BCUT2D eigenvalue weighted by molar-refractivity contribution is 1.21. The van der Waals surface area contributed by atoms with Crippen LogP contribution in [0.3, 0.4) is 0 Å². The van der Waals surface area contributed by atoms with Crippen LogP contribution >= 0.6 is 12.4 Å². The summed E-state index contributed by atoms with van der Waals surface area (Å²) in [4.78, 5) is 24.6. The van der Waals surface area contributed by atoms with Crippen LogP contribution in [0.15, 0.2) is 41.2 Å². The third-order valence-electron chi connectivity index (χ3n) is 2.58. The van der Waals surface area contributed by atoms with Gasteiger partial charge in [-0.3, -0.25) is 4.79 Å². The molecule has 5 heteroatoms. The second kappa shape index (κ2) is 4.66. The molecule has 18 heavy (non-hydrogen) atoms. The van der Waals surface area contributed by atoms with E-state index < -0.39 is 0 Å². The molecular formula is C13H10ClN3O. The number of benzene rings is 1. The fourth-order valence-corrected chi connectivity index (χ4v) is 1.74. The Kier molecular flexibility index (Phi) is 3.21. The summed E-state index contributed by atoms with van der Waals surface area (Å²) in [5.41, 5.74) is 2.24. The van der Waals surface area contributed by atoms with Gasteiger partial charge in [-0.2, -0.15) is 0 Å². The predicted octanol–water partition coefficient (Wildman–Crippen LogP) is 2.27. The smallest absolute Gasteiger partial charge is 0.267 e. The zero-order chi connectivity index (χ0) is 11.8. The van der Waals surface area contributed by atoms with Crippen LogP contribution in [-0.4, -0.2) is 15.0 Å². The van der Waals surface area contributed by atoms with Crippen molar-refractivity contribution >= 4 is 34.5 Å². The highest BCUT2D eigenvalue weighted by atomic mass is 35.5. The maximum absolute atomic E-state index is 11.9. The summed E-state index contributed by atoms with van der Waals surface area (Å²) >= 11 is 0. The van der Waals surface area contributed by atoms with Gasteiger partial charge in [0.2, 0.25) is 0 Å².